The molecule has 0 amide bonds. The number of carbonyl (C=O) groups is 1. The van der Waals surface area contributed by atoms with Gasteiger partial charge in [0, 0.05) is 6.07 Å². The summed E-state index contributed by atoms with van der Waals surface area (Å²) >= 11 is 5.10. The van der Waals surface area contributed by atoms with E-state index in [0.29, 0.717) is 5.56 Å². The molecule has 0 aromatic heterocycles. The molecule has 1 rings (SSSR count). The predicted octanol–water partition coefficient (Wildman–Crippen LogP) is 2.38. The first kappa shape index (κ1) is 12.2. The Balaban J connectivity index is 3.12. The van der Waals surface area contributed by atoms with Gasteiger partial charge < -0.3 is 4.74 Å². The normalized spacial score (nSPS) is 10.4. The summed E-state index contributed by atoms with van der Waals surface area (Å²) in [6.07, 6.45) is 2.51. The Labute approximate surface area is 96.4 Å². The Morgan fingerprint density at radius 1 is 1.56 bits per heavy atom. The molecule has 6 heteroatoms. The third kappa shape index (κ3) is 3.06. The number of benzene rings is 1. The molecule has 1 aromatic carbocycles. The lowest BCUT2D eigenvalue weighted by atomic mass is 10.2. The molecule has 0 aliphatic heterocycles. The number of hydrogen-bond acceptors (Lipinski definition) is 4. The third-order valence-corrected chi connectivity index (χ3v) is 1.93. The number of ether oxygens (including phenoxy) is 1. The Bertz CT molecular complexity index is 456. The molecule has 0 unspecified atom stereocenters. The lowest BCUT2D eigenvalue weighted by Crippen LogP contribution is -1.93. The highest BCUT2D eigenvalue weighted by molar-refractivity contribution is 6.66. The van der Waals surface area contributed by atoms with Crippen LogP contribution in [0.5, 0.6) is 5.75 Å². The Morgan fingerprint density at radius 3 is 2.75 bits per heavy atom. The molecule has 0 fully saturated rings. The molecule has 0 saturated heterocycles. The smallest absolute Gasteiger partial charge is 0.311 e. The molecule has 0 spiro atoms. The molecule has 0 aliphatic carbocycles. The highest BCUT2D eigenvalue weighted by Crippen LogP contribution is 2.27. The van der Waals surface area contributed by atoms with Crippen molar-refractivity contribution in [1.82, 2.24) is 0 Å². The van der Waals surface area contributed by atoms with E-state index in [1.54, 1.807) is 6.07 Å². The Kier molecular flexibility index (Phi) is 4.02. The fourth-order valence-electron chi connectivity index (χ4n) is 1.12. The SMILES string of the molecule is COc1ccc(/C=C/C(=O)Cl)cc1[N+](=O)[O-]. The van der Waals surface area contributed by atoms with Crippen molar-refractivity contribution < 1.29 is 14.5 Å². The molecule has 0 atom stereocenters. The molecule has 5 nitrogen and oxygen atoms in total. The maximum atomic E-state index is 10.7. The van der Waals surface area contributed by atoms with Gasteiger partial charge in [0.2, 0.25) is 5.24 Å². The van der Waals surface area contributed by atoms with Crippen molar-refractivity contribution in [3.05, 3.63) is 40.0 Å². The summed E-state index contributed by atoms with van der Waals surface area (Å²) in [7, 11) is 1.35. The van der Waals surface area contributed by atoms with Gasteiger partial charge in [-0.1, -0.05) is 6.07 Å². The number of carbonyl (C=O) groups excluding carboxylic acids is 1. The molecule has 0 N–H and O–H groups in total. The van der Waals surface area contributed by atoms with E-state index in [0.717, 1.165) is 6.08 Å². The number of halogens is 1. The van der Waals surface area contributed by atoms with E-state index in [1.807, 2.05) is 0 Å². The standard InChI is InChI=1S/C10H8ClNO4/c1-16-9-4-2-7(3-5-10(11)13)6-8(9)12(14)15/h2-6H,1H3/b5-3+. The van der Waals surface area contributed by atoms with Gasteiger partial charge >= 0.3 is 5.69 Å². The van der Waals surface area contributed by atoms with Crippen molar-refractivity contribution in [2.24, 2.45) is 0 Å². The lowest BCUT2D eigenvalue weighted by Gasteiger charge is -2.01. The van der Waals surface area contributed by atoms with Gasteiger partial charge in [-0.3, -0.25) is 14.9 Å². The van der Waals surface area contributed by atoms with Gasteiger partial charge in [-0.05, 0) is 35.4 Å². The second-order valence-corrected chi connectivity index (χ2v) is 3.20. The zero-order chi connectivity index (χ0) is 12.1. The van der Waals surface area contributed by atoms with Crippen LogP contribution < -0.4 is 4.74 Å². The lowest BCUT2D eigenvalue weighted by molar-refractivity contribution is -0.385. The quantitative estimate of drug-likeness (QED) is 0.351. The summed E-state index contributed by atoms with van der Waals surface area (Å²) in [5.74, 6) is 0.166. The highest BCUT2D eigenvalue weighted by atomic mass is 35.5. The number of hydrogen-bond donors (Lipinski definition) is 0. The van der Waals surface area contributed by atoms with Crippen LogP contribution in [0.15, 0.2) is 24.3 Å². The van der Waals surface area contributed by atoms with Crippen molar-refractivity contribution in [3.63, 3.8) is 0 Å². The summed E-state index contributed by atoms with van der Waals surface area (Å²) in [5, 5.41) is 10.0. The largest absolute Gasteiger partial charge is 0.490 e. The highest BCUT2D eigenvalue weighted by Gasteiger charge is 2.14. The van der Waals surface area contributed by atoms with Crippen LogP contribution >= 0.6 is 11.6 Å². The topological polar surface area (TPSA) is 69.4 Å². The number of nitro benzene ring substituents is 1. The van der Waals surface area contributed by atoms with Crippen LogP contribution in [0.4, 0.5) is 5.69 Å². The Hall–Kier alpha value is -1.88. The number of nitro groups is 1. The van der Waals surface area contributed by atoms with Crippen LogP contribution in [-0.4, -0.2) is 17.3 Å². The van der Waals surface area contributed by atoms with Gasteiger partial charge in [0.15, 0.2) is 5.75 Å². The molecule has 0 heterocycles. The first-order chi connectivity index (χ1) is 7.54. The van der Waals surface area contributed by atoms with E-state index in [-0.39, 0.29) is 11.4 Å². The van der Waals surface area contributed by atoms with Crippen molar-refractivity contribution >= 4 is 28.6 Å². The summed E-state index contributed by atoms with van der Waals surface area (Å²) < 4.78 is 4.83. The Morgan fingerprint density at radius 2 is 2.25 bits per heavy atom. The molecule has 1 aromatic rings. The van der Waals surface area contributed by atoms with Crippen molar-refractivity contribution in [1.29, 1.82) is 0 Å². The maximum absolute atomic E-state index is 10.7. The van der Waals surface area contributed by atoms with Gasteiger partial charge in [0.25, 0.3) is 0 Å². The molecule has 0 aliphatic rings. The van der Waals surface area contributed by atoms with Gasteiger partial charge in [-0.2, -0.15) is 0 Å². The molecule has 0 radical (unpaired) electrons. The van der Waals surface area contributed by atoms with Crippen molar-refractivity contribution in [3.8, 4) is 5.75 Å². The van der Waals surface area contributed by atoms with E-state index in [2.05, 4.69) is 0 Å². The second kappa shape index (κ2) is 5.27. The average Bonchev–Trinajstić information content (AvgIpc) is 2.25. The summed E-state index contributed by atoms with van der Waals surface area (Å²) in [6, 6.07) is 4.34. The average molecular weight is 242 g/mol. The van der Waals surface area contributed by atoms with E-state index in [9.17, 15) is 14.9 Å². The van der Waals surface area contributed by atoms with E-state index >= 15 is 0 Å². The fraction of sp³-hybridized carbons (Fsp3) is 0.100. The number of allylic oxidation sites excluding steroid dienone is 1. The molecule has 0 bridgehead atoms. The van der Waals surface area contributed by atoms with Gasteiger partial charge in [-0.25, -0.2) is 0 Å². The van der Waals surface area contributed by atoms with Crippen molar-refractivity contribution in [2.75, 3.05) is 7.11 Å². The summed E-state index contributed by atoms with van der Waals surface area (Å²) in [6.45, 7) is 0. The van der Waals surface area contributed by atoms with Crippen LogP contribution in [0, 0.1) is 10.1 Å². The van der Waals surface area contributed by atoms with Crippen LogP contribution in [0.1, 0.15) is 5.56 Å². The molecule has 16 heavy (non-hydrogen) atoms. The van der Waals surface area contributed by atoms with Crippen LogP contribution in [-0.2, 0) is 4.79 Å². The number of nitrogens with zero attached hydrogens (tertiary/aromatic N) is 1. The molecule has 84 valence electrons. The molecular weight excluding hydrogens is 234 g/mol. The fourth-order valence-corrected chi connectivity index (χ4v) is 1.18. The van der Waals surface area contributed by atoms with Gasteiger partial charge in [0.05, 0.1) is 12.0 Å². The first-order valence-corrected chi connectivity index (χ1v) is 4.62. The zero-order valence-corrected chi connectivity index (χ0v) is 9.10. The van der Waals surface area contributed by atoms with Crippen LogP contribution in [0.25, 0.3) is 6.08 Å². The molecule has 0 saturated carbocycles. The van der Waals surface area contributed by atoms with E-state index in [1.165, 1.54) is 25.3 Å². The molecular formula is C10H8ClNO4. The summed E-state index contributed by atoms with van der Waals surface area (Å²) in [4.78, 5) is 20.6. The van der Waals surface area contributed by atoms with E-state index < -0.39 is 10.2 Å². The van der Waals surface area contributed by atoms with Gasteiger partial charge in [-0.15, -0.1) is 0 Å². The minimum atomic E-state index is -0.640. The number of methoxy groups -OCH3 is 1. The monoisotopic (exact) mass is 241 g/mol. The maximum Gasteiger partial charge on any atom is 0.311 e. The first-order valence-electron chi connectivity index (χ1n) is 4.24. The van der Waals surface area contributed by atoms with Gasteiger partial charge in [0.1, 0.15) is 0 Å². The third-order valence-electron chi connectivity index (χ3n) is 1.81. The predicted molar refractivity (Wildman–Crippen MR) is 59.5 cm³/mol. The summed E-state index contributed by atoms with van der Waals surface area (Å²) in [5.41, 5.74) is 0.341. The number of rotatable bonds is 4. The van der Waals surface area contributed by atoms with Crippen LogP contribution in [0.3, 0.4) is 0 Å². The minimum absolute atomic E-state index is 0.160. The van der Waals surface area contributed by atoms with E-state index in [4.69, 9.17) is 16.3 Å². The zero-order valence-electron chi connectivity index (χ0n) is 8.34. The minimum Gasteiger partial charge on any atom is -0.490 e. The van der Waals surface area contributed by atoms with Crippen molar-refractivity contribution in [2.45, 2.75) is 0 Å². The second-order valence-electron chi connectivity index (χ2n) is 2.83. The van der Waals surface area contributed by atoms with Crippen LogP contribution in [0.2, 0.25) is 0 Å².